The molecular weight excluding hydrogens is 281 g/mol. The van der Waals surface area contributed by atoms with Crippen LogP contribution in [0.3, 0.4) is 0 Å². The molecule has 1 aromatic carbocycles. The van der Waals surface area contributed by atoms with E-state index in [2.05, 4.69) is 0 Å². The van der Waals surface area contributed by atoms with Gasteiger partial charge in [0, 0.05) is 6.54 Å². The monoisotopic (exact) mass is 297 g/mol. The van der Waals surface area contributed by atoms with Crippen LogP contribution in [0.15, 0.2) is 24.3 Å². The SMILES string of the molecule is CN(CC(F)F)CC(O)Cc1ccc(C(F)(F)F)cc1. The Hall–Kier alpha value is -1.21. The summed E-state index contributed by atoms with van der Waals surface area (Å²) in [5, 5.41) is 9.71. The molecule has 1 unspecified atom stereocenters. The fraction of sp³-hybridized carbons (Fsp3) is 0.538. The topological polar surface area (TPSA) is 23.5 Å². The van der Waals surface area contributed by atoms with Crippen LogP contribution in [0.5, 0.6) is 0 Å². The quantitative estimate of drug-likeness (QED) is 0.816. The van der Waals surface area contributed by atoms with Gasteiger partial charge in [-0.3, -0.25) is 4.90 Å². The normalized spacial score (nSPS) is 14.1. The molecule has 20 heavy (non-hydrogen) atoms. The van der Waals surface area contributed by atoms with E-state index >= 15 is 0 Å². The first kappa shape index (κ1) is 16.8. The van der Waals surface area contributed by atoms with Crippen LogP contribution < -0.4 is 0 Å². The van der Waals surface area contributed by atoms with Gasteiger partial charge in [0.1, 0.15) is 0 Å². The van der Waals surface area contributed by atoms with E-state index in [0.717, 1.165) is 12.1 Å². The molecule has 7 heteroatoms. The molecule has 0 fully saturated rings. The van der Waals surface area contributed by atoms with E-state index in [0.29, 0.717) is 5.56 Å². The van der Waals surface area contributed by atoms with Crippen molar-refractivity contribution in [1.82, 2.24) is 4.90 Å². The Kier molecular flexibility index (Phi) is 5.88. The van der Waals surface area contributed by atoms with Gasteiger partial charge in [-0.2, -0.15) is 13.2 Å². The predicted molar refractivity (Wildman–Crippen MR) is 64.7 cm³/mol. The van der Waals surface area contributed by atoms with E-state index in [-0.39, 0.29) is 13.0 Å². The number of hydrogen-bond donors (Lipinski definition) is 1. The van der Waals surface area contributed by atoms with Gasteiger partial charge in [0.2, 0.25) is 0 Å². The summed E-state index contributed by atoms with van der Waals surface area (Å²) in [4.78, 5) is 1.28. The van der Waals surface area contributed by atoms with Crippen LogP contribution in [0, 0.1) is 0 Å². The smallest absolute Gasteiger partial charge is 0.391 e. The lowest BCUT2D eigenvalue weighted by Gasteiger charge is -2.20. The summed E-state index contributed by atoms with van der Waals surface area (Å²) >= 11 is 0. The Labute approximate surface area is 113 Å². The Morgan fingerprint density at radius 2 is 1.65 bits per heavy atom. The third kappa shape index (κ3) is 5.83. The minimum atomic E-state index is -4.39. The second-order valence-electron chi connectivity index (χ2n) is 4.66. The summed E-state index contributed by atoms with van der Waals surface area (Å²) in [6.07, 6.45) is -7.67. The first-order valence-electron chi connectivity index (χ1n) is 5.99. The van der Waals surface area contributed by atoms with Crippen molar-refractivity contribution in [3.63, 3.8) is 0 Å². The number of aliphatic hydroxyl groups excluding tert-OH is 1. The zero-order valence-electron chi connectivity index (χ0n) is 10.9. The van der Waals surface area contributed by atoms with Crippen LogP contribution in [0.4, 0.5) is 22.0 Å². The van der Waals surface area contributed by atoms with Crippen molar-refractivity contribution in [3.05, 3.63) is 35.4 Å². The van der Waals surface area contributed by atoms with E-state index in [9.17, 15) is 27.1 Å². The van der Waals surface area contributed by atoms with Crippen LogP contribution >= 0.6 is 0 Å². The fourth-order valence-corrected chi connectivity index (χ4v) is 1.84. The van der Waals surface area contributed by atoms with Crippen molar-refractivity contribution in [1.29, 1.82) is 0 Å². The summed E-state index contributed by atoms with van der Waals surface area (Å²) in [5.41, 5.74) is -0.235. The van der Waals surface area contributed by atoms with Gasteiger partial charge in [0.05, 0.1) is 18.2 Å². The molecule has 1 rings (SSSR count). The summed E-state index contributed by atoms with van der Waals surface area (Å²) in [6.45, 7) is -0.421. The summed E-state index contributed by atoms with van der Waals surface area (Å²) < 4.78 is 61.2. The van der Waals surface area contributed by atoms with E-state index in [4.69, 9.17) is 0 Å². The van der Waals surface area contributed by atoms with Crippen LogP contribution in [-0.2, 0) is 12.6 Å². The first-order chi connectivity index (χ1) is 9.18. The van der Waals surface area contributed by atoms with E-state index < -0.39 is 30.8 Å². The molecule has 0 aliphatic rings. The highest BCUT2D eigenvalue weighted by Crippen LogP contribution is 2.29. The van der Waals surface area contributed by atoms with E-state index in [1.165, 1.54) is 24.1 Å². The number of likely N-dealkylation sites (N-methyl/N-ethyl adjacent to an activating group) is 1. The second-order valence-corrected chi connectivity index (χ2v) is 4.66. The minimum absolute atomic E-state index is 0.0331. The molecule has 1 aromatic rings. The Bertz CT molecular complexity index is 404. The Morgan fingerprint density at radius 1 is 1.10 bits per heavy atom. The van der Waals surface area contributed by atoms with Gasteiger partial charge in [-0.15, -0.1) is 0 Å². The number of hydrogen-bond acceptors (Lipinski definition) is 2. The Morgan fingerprint density at radius 3 is 2.10 bits per heavy atom. The van der Waals surface area contributed by atoms with Gasteiger partial charge in [-0.25, -0.2) is 8.78 Å². The molecule has 0 bridgehead atoms. The maximum atomic E-state index is 12.3. The van der Waals surface area contributed by atoms with Gasteiger partial charge in [0.15, 0.2) is 0 Å². The third-order valence-corrected chi connectivity index (χ3v) is 2.72. The van der Waals surface area contributed by atoms with Gasteiger partial charge in [-0.05, 0) is 31.2 Å². The minimum Gasteiger partial charge on any atom is -0.391 e. The maximum absolute atomic E-state index is 12.3. The summed E-state index contributed by atoms with van der Waals surface area (Å²) in [7, 11) is 1.45. The number of alkyl halides is 5. The summed E-state index contributed by atoms with van der Waals surface area (Å²) in [5.74, 6) is 0. The zero-order valence-corrected chi connectivity index (χ0v) is 10.9. The molecular formula is C13H16F5NO. The number of rotatable bonds is 6. The molecule has 2 nitrogen and oxygen atoms in total. The maximum Gasteiger partial charge on any atom is 0.416 e. The lowest BCUT2D eigenvalue weighted by atomic mass is 10.1. The highest BCUT2D eigenvalue weighted by atomic mass is 19.4. The van der Waals surface area contributed by atoms with Gasteiger partial charge >= 0.3 is 6.18 Å². The standard InChI is InChI=1S/C13H16F5NO/c1-19(8-12(14)15)7-11(20)6-9-2-4-10(5-3-9)13(16,17)18/h2-5,11-12,20H,6-8H2,1H3. The lowest BCUT2D eigenvalue weighted by molar-refractivity contribution is -0.137. The van der Waals surface area contributed by atoms with Crippen molar-refractivity contribution < 1.29 is 27.1 Å². The molecule has 0 aliphatic heterocycles. The Balaban J connectivity index is 2.52. The molecule has 0 aromatic heterocycles. The molecule has 0 spiro atoms. The molecule has 114 valence electrons. The predicted octanol–water partition coefficient (Wildman–Crippen LogP) is 2.81. The van der Waals surface area contributed by atoms with Crippen molar-refractivity contribution in [2.45, 2.75) is 25.1 Å². The van der Waals surface area contributed by atoms with E-state index in [1.807, 2.05) is 0 Å². The van der Waals surface area contributed by atoms with Crippen molar-refractivity contribution >= 4 is 0 Å². The molecule has 0 heterocycles. The average molecular weight is 297 g/mol. The summed E-state index contributed by atoms with van der Waals surface area (Å²) in [6, 6.07) is 4.42. The molecule has 1 N–H and O–H groups in total. The van der Waals surface area contributed by atoms with Crippen molar-refractivity contribution in [3.8, 4) is 0 Å². The number of benzene rings is 1. The molecule has 0 saturated carbocycles. The second kappa shape index (κ2) is 6.99. The highest BCUT2D eigenvalue weighted by molar-refractivity contribution is 5.25. The first-order valence-corrected chi connectivity index (χ1v) is 5.99. The van der Waals surface area contributed by atoms with Crippen LogP contribution in [0.1, 0.15) is 11.1 Å². The van der Waals surface area contributed by atoms with Gasteiger partial charge in [-0.1, -0.05) is 12.1 Å². The van der Waals surface area contributed by atoms with E-state index in [1.54, 1.807) is 0 Å². The van der Waals surface area contributed by atoms with Crippen LogP contribution in [0.2, 0.25) is 0 Å². The van der Waals surface area contributed by atoms with Crippen LogP contribution in [0.25, 0.3) is 0 Å². The molecule has 0 amide bonds. The largest absolute Gasteiger partial charge is 0.416 e. The van der Waals surface area contributed by atoms with Crippen molar-refractivity contribution in [2.24, 2.45) is 0 Å². The van der Waals surface area contributed by atoms with Gasteiger partial charge < -0.3 is 5.11 Å². The zero-order chi connectivity index (χ0) is 15.3. The molecule has 1 atom stereocenters. The molecule has 0 radical (unpaired) electrons. The number of nitrogens with zero attached hydrogens (tertiary/aromatic N) is 1. The lowest BCUT2D eigenvalue weighted by Crippen LogP contribution is -2.33. The highest BCUT2D eigenvalue weighted by Gasteiger charge is 2.29. The number of aliphatic hydroxyl groups is 1. The van der Waals surface area contributed by atoms with Crippen LogP contribution in [-0.4, -0.2) is 42.7 Å². The third-order valence-electron chi connectivity index (χ3n) is 2.72. The average Bonchev–Trinajstić information content (AvgIpc) is 2.26. The molecule has 0 aliphatic carbocycles. The van der Waals surface area contributed by atoms with Crippen molar-refractivity contribution in [2.75, 3.05) is 20.1 Å². The fourth-order valence-electron chi connectivity index (χ4n) is 1.84. The molecule has 0 saturated heterocycles. The number of halogens is 5. The van der Waals surface area contributed by atoms with Gasteiger partial charge in [0.25, 0.3) is 6.43 Å².